The van der Waals surface area contributed by atoms with Crippen molar-refractivity contribution in [3.05, 3.63) is 12.2 Å². The van der Waals surface area contributed by atoms with E-state index in [1.54, 1.807) is 6.08 Å². The van der Waals surface area contributed by atoms with Crippen molar-refractivity contribution in [1.29, 1.82) is 0 Å². The molecular weight excluding hydrogens is 176 g/mol. The highest BCUT2D eigenvalue weighted by atomic mass is 16.5. The zero-order valence-electron chi connectivity index (χ0n) is 9.54. The lowest BCUT2D eigenvalue weighted by molar-refractivity contribution is -0.116. The van der Waals surface area contributed by atoms with Crippen molar-refractivity contribution >= 4 is 5.78 Å². The second-order valence-corrected chi connectivity index (χ2v) is 4.63. The van der Waals surface area contributed by atoms with Gasteiger partial charge in [0.15, 0.2) is 5.78 Å². The summed E-state index contributed by atoms with van der Waals surface area (Å²) in [6.45, 7) is 8.32. The van der Waals surface area contributed by atoms with Crippen molar-refractivity contribution in [2.24, 2.45) is 5.41 Å². The van der Waals surface area contributed by atoms with Crippen LogP contribution in [-0.4, -0.2) is 18.0 Å². The molecule has 1 aliphatic rings. The molecule has 0 aromatic heterocycles. The van der Waals surface area contributed by atoms with Gasteiger partial charge in [-0.15, -0.1) is 0 Å². The standard InChI is InChI=1S/C12H20O2/c1-9(2)14-10(3)12(4)7-5-11(13)6-8-12/h5,7,9-10H,6,8H2,1-4H3. The van der Waals surface area contributed by atoms with Crippen LogP contribution in [0.25, 0.3) is 0 Å². The Bertz CT molecular complexity index is 243. The van der Waals surface area contributed by atoms with E-state index >= 15 is 0 Å². The van der Waals surface area contributed by atoms with Gasteiger partial charge >= 0.3 is 0 Å². The number of ether oxygens (including phenoxy) is 1. The first kappa shape index (κ1) is 11.4. The average Bonchev–Trinajstić information content (AvgIpc) is 2.09. The van der Waals surface area contributed by atoms with Crippen LogP contribution in [0.4, 0.5) is 0 Å². The summed E-state index contributed by atoms with van der Waals surface area (Å²) in [7, 11) is 0. The van der Waals surface area contributed by atoms with Crippen molar-refractivity contribution in [2.45, 2.75) is 52.7 Å². The Balaban J connectivity index is 2.65. The lowest BCUT2D eigenvalue weighted by atomic mass is 9.76. The third kappa shape index (κ3) is 2.68. The Hall–Kier alpha value is -0.630. The Morgan fingerprint density at radius 3 is 2.50 bits per heavy atom. The van der Waals surface area contributed by atoms with Crippen LogP contribution in [-0.2, 0) is 9.53 Å². The number of carbonyl (C=O) groups is 1. The number of rotatable bonds is 3. The Kier molecular flexibility index (Phi) is 3.48. The summed E-state index contributed by atoms with van der Waals surface area (Å²) >= 11 is 0. The quantitative estimate of drug-likeness (QED) is 0.693. The number of allylic oxidation sites excluding steroid dienone is 1. The van der Waals surface area contributed by atoms with Crippen molar-refractivity contribution in [1.82, 2.24) is 0 Å². The van der Waals surface area contributed by atoms with E-state index in [2.05, 4.69) is 13.8 Å². The van der Waals surface area contributed by atoms with E-state index < -0.39 is 0 Å². The molecule has 80 valence electrons. The van der Waals surface area contributed by atoms with Crippen LogP contribution in [0.3, 0.4) is 0 Å². The molecule has 0 amide bonds. The predicted molar refractivity (Wildman–Crippen MR) is 57.2 cm³/mol. The predicted octanol–water partition coefficient (Wildman–Crippen LogP) is 2.73. The molecular formula is C12H20O2. The molecule has 14 heavy (non-hydrogen) atoms. The summed E-state index contributed by atoms with van der Waals surface area (Å²) in [6.07, 6.45) is 5.67. The summed E-state index contributed by atoms with van der Waals surface area (Å²) in [5.41, 5.74) is 0.0260. The van der Waals surface area contributed by atoms with E-state index in [1.807, 2.05) is 19.9 Å². The summed E-state index contributed by atoms with van der Waals surface area (Å²) in [6, 6.07) is 0. The third-order valence-corrected chi connectivity index (χ3v) is 2.97. The Labute approximate surface area is 86.3 Å². The molecule has 1 aliphatic carbocycles. The van der Waals surface area contributed by atoms with Crippen LogP contribution in [0.5, 0.6) is 0 Å². The summed E-state index contributed by atoms with van der Waals surface area (Å²) in [4.78, 5) is 11.1. The van der Waals surface area contributed by atoms with Gasteiger partial charge < -0.3 is 4.74 Å². The van der Waals surface area contributed by atoms with Crippen molar-refractivity contribution in [3.63, 3.8) is 0 Å². The minimum Gasteiger partial charge on any atom is -0.375 e. The molecule has 2 heteroatoms. The van der Waals surface area contributed by atoms with E-state index in [0.29, 0.717) is 6.42 Å². The van der Waals surface area contributed by atoms with Crippen LogP contribution < -0.4 is 0 Å². The lowest BCUT2D eigenvalue weighted by Crippen LogP contribution is -2.34. The normalized spacial score (nSPS) is 29.6. The van der Waals surface area contributed by atoms with Gasteiger partial charge in [0, 0.05) is 11.8 Å². The molecule has 0 heterocycles. The molecule has 0 aromatic carbocycles. The molecule has 0 bridgehead atoms. The zero-order chi connectivity index (χ0) is 10.8. The fraction of sp³-hybridized carbons (Fsp3) is 0.750. The van der Waals surface area contributed by atoms with Gasteiger partial charge in [-0.1, -0.05) is 13.0 Å². The fourth-order valence-electron chi connectivity index (χ4n) is 1.74. The van der Waals surface area contributed by atoms with Gasteiger partial charge in [0.2, 0.25) is 0 Å². The monoisotopic (exact) mass is 196 g/mol. The molecule has 0 aromatic rings. The first-order valence-electron chi connectivity index (χ1n) is 5.31. The molecule has 0 fully saturated rings. The minimum absolute atomic E-state index is 0.0260. The molecule has 0 N–H and O–H groups in total. The van der Waals surface area contributed by atoms with Gasteiger partial charge in [-0.2, -0.15) is 0 Å². The van der Waals surface area contributed by atoms with Gasteiger partial charge in [-0.3, -0.25) is 4.79 Å². The van der Waals surface area contributed by atoms with Gasteiger partial charge in [0.25, 0.3) is 0 Å². The SMILES string of the molecule is CC(C)OC(C)C1(C)C=CC(=O)CC1. The summed E-state index contributed by atoms with van der Waals surface area (Å²) < 4.78 is 5.77. The number of hydrogen-bond acceptors (Lipinski definition) is 2. The van der Waals surface area contributed by atoms with Crippen LogP contribution >= 0.6 is 0 Å². The Morgan fingerprint density at radius 1 is 1.43 bits per heavy atom. The van der Waals surface area contributed by atoms with Crippen LogP contribution in [0, 0.1) is 5.41 Å². The minimum atomic E-state index is 0.0260. The highest BCUT2D eigenvalue weighted by molar-refractivity contribution is 5.90. The van der Waals surface area contributed by atoms with Gasteiger partial charge in [0.1, 0.15) is 0 Å². The smallest absolute Gasteiger partial charge is 0.155 e. The maximum absolute atomic E-state index is 11.1. The lowest BCUT2D eigenvalue weighted by Gasteiger charge is -2.35. The maximum atomic E-state index is 11.1. The first-order valence-corrected chi connectivity index (χ1v) is 5.31. The van der Waals surface area contributed by atoms with Crippen LogP contribution in [0.15, 0.2) is 12.2 Å². The van der Waals surface area contributed by atoms with Gasteiger partial charge in [-0.05, 0) is 33.3 Å². The molecule has 0 radical (unpaired) electrons. The van der Waals surface area contributed by atoms with Crippen molar-refractivity contribution in [3.8, 4) is 0 Å². The number of carbonyl (C=O) groups excluding carboxylic acids is 1. The van der Waals surface area contributed by atoms with Crippen LogP contribution in [0.2, 0.25) is 0 Å². The second kappa shape index (κ2) is 4.26. The van der Waals surface area contributed by atoms with Crippen molar-refractivity contribution in [2.75, 3.05) is 0 Å². The van der Waals surface area contributed by atoms with E-state index in [4.69, 9.17) is 4.74 Å². The second-order valence-electron chi connectivity index (χ2n) is 4.63. The highest BCUT2D eigenvalue weighted by Gasteiger charge is 2.32. The molecule has 2 atom stereocenters. The zero-order valence-corrected chi connectivity index (χ0v) is 9.54. The average molecular weight is 196 g/mol. The topological polar surface area (TPSA) is 26.3 Å². The molecule has 0 aliphatic heterocycles. The highest BCUT2D eigenvalue weighted by Crippen LogP contribution is 2.34. The maximum Gasteiger partial charge on any atom is 0.155 e. The fourth-order valence-corrected chi connectivity index (χ4v) is 1.74. The van der Waals surface area contributed by atoms with E-state index in [1.165, 1.54) is 0 Å². The van der Waals surface area contributed by atoms with E-state index in [0.717, 1.165) is 6.42 Å². The first-order chi connectivity index (χ1) is 6.44. The molecule has 0 spiro atoms. The van der Waals surface area contributed by atoms with Crippen LogP contribution in [0.1, 0.15) is 40.5 Å². The van der Waals surface area contributed by atoms with Crippen molar-refractivity contribution < 1.29 is 9.53 Å². The molecule has 2 nitrogen and oxygen atoms in total. The molecule has 2 unspecified atom stereocenters. The van der Waals surface area contributed by atoms with E-state index in [9.17, 15) is 4.79 Å². The number of ketones is 1. The third-order valence-electron chi connectivity index (χ3n) is 2.97. The van der Waals surface area contributed by atoms with Gasteiger partial charge in [-0.25, -0.2) is 0 Å². The molecule has 0 saturated heterocycles. The summed E-state index contributed by atoms with van der Waals surface area (Å²) in [5, 5.41) is 0. The largest absolute Gasteiger partial charge is 0.375 e. The summed E-state index contributed by atoms with van der Waals surface area (Å²) in [5.74, 6) is 0.235. The number of hydrogen-bond donors (Lipinski definition) is 0. The van der Waals surface area contributed by atoms with E-state index in [-0.39, 0.29) is 23.4 Å². The molecule has 1 rings (SSSR count). The molecule has 0 saturated carbocycles. The Morgan fingerprint density at radius 2 is 2.07 bits per heavy atom. The van der Waals surface area contributed by atoms with Gasteiger partial charge in [0.05, 0.1) is 12.2 Å².